The molecule has 0 saturated heterocycles. The number of hydrogen-bond donors (Lipinski definition) is 0. The van der Waals surface area contributed by atoms with Gasteiger partial charge >= 0.3 is 0 Å². The van der Waals surface area contributed by atoms with Gasteiger partial charge in [-0.15, -0.1) is 0 Å². The topological polar surface area (TPSA) is 26.3 Å². The van der Waals surface area contributed by atoms with E-state index in [1.165, 1.54) is 44.3 Å². The highest BCUT2D eigenvalue weighted by atomic mass is 32.2. The normalized spacial score (nSPS) is 13.1. The molecule has 0 spiro atoms. The Balaban J connectivity index is 1.20. The van der Waals surface area contributed by atoms with E-state index in [-0.39, 0.29) is 0 Å². The average Bonchev–Trinajstić information content (AvgIpc) is 3.54. The zero-order valence-electron chi connectivity index (χ0n) is 22.2. The molecular weight excluding hydrogens is 520 g/mol. The minimum absolute atomic E-state index is 0.930. The quantitative estimate of drug-likeness (QED) is 0.216. The van der Waals surface area contributed by atoms with Crippen LogP contribution in [0.1, 0.15) is 11.1 Å². The smallest absolute Gasteiger partial charge is 0.143 e. The molecule has 0 aliphatic carbocycles. The third kappa shape index (κ3) is 3.52. The van der Waals surface area contributed by atoms with Gasteiger partial charge < -0.3 is 8.83 Å². The van der Waals surface area contributed by atoms with Gasteiger partial charge in [0.1, 0.15) is 22.3 Å². The molecule has 1 aliphatic heterocycles. The summed E-state index contributed by atoms with van der Waals surface area (Å²) in [7, 11) is 0. The zero-order chi connectivity index (χ0) is 26.9. The Hall–Kier alpha value is -4.73. The van der Waals surface area contributed by atoms with E-state index in [0.29, 0.717) is 0 Å². The predicted molar refractivity (Wildman–Crippen MR) is 172 cm³/mol. The molecule has 0 unspecified atom stereocenters. The van der Waals surface area contributed by atoms with Crippen molar-refractivity contribution in [1.29, 1.82) is 0 Å². The van der Waals surface area contributed by atoms with Crippen LogP contribution in [-0.2, 0) is 11.5 Å². The van der Waals surface area contributed by atoms with Crippen LogP contribution in [0.15, 0.2) is 130 Å². The van der Waals surface area contributed by atoms with Crippen LogP contribution >= 0.6 is 11.8 Å². The minimum atomic E-state index is 0.930. The maximum absolute atomic E-state index is 6.39. The van der Waals surface area contributed by atoms with Gasteiger partial charge in [0.15, 0.2) is 0 Å². The first-order valence-electron chi connectivity index (χ1n) is 14.0. The lowest BCUT2D eigenvalue weighted by molar-refractivity contribution is 0.669. The molecule has 0 radical (unpaired) electrons. The van der Waals surface area contributed by atoms with Crippen LogP contribution in [0, 0.1) is 0 Å². The van der Waals surface area contributed by atoms with Gasteiger partial charge in [0.2, 0.25) is 0 Å². The number of thioether (sulfide) groups is 1. The summed E-state index contributed by atoms with van der Waals surface area (Å²) >= 11 is 1.98. The van der Waals surface area contributed by atoms with Crippen molar-refractivity contribution in [3.63, 3.8) is 0 Å². The Morgan fingerprint density at radius 2 is 1.12 bits per heavy atom. The Morgan fingerprint density at radius 1 is 0.439 bits per heavy atom. The largest absolute Gasteiger partial charge is 0.456 e. The van der Waals surface area contributed by atoms with Crippen molar-refractivity contribution in [3.05, 3.63) is 132 Å². The molecule has 6 aromatic carbocycles. The fourth-order valence-corrected chi connectivity index (χ4v) is 7.56. The van der Waals surface area contributed by atoms with E-state index in [0.717, 1.165) is 55.6 Å². The second-order valence-electron chi connectivity index (χ2n) is 10.8. The molecular formula is C38H24O2S. The number of fused-ring (bicyclic) bond motifs is 9. The van der Waals surface area contributed by atoms with E-state index >= 15 is 0 Å². The van der Waals surface area contributed by atoms with Gasteiger partial charge in [-0.2, -0.15) is 11.8 Å². The van der Waals surface area contributed by atoms with Gasteiger partial charge in [0.05, 0.1) is 0 Å². The standard InChI is InChI=1S/C38H24O2S/c1-3-12-34-30(7-1)31-11-5-10-29(38(31)40-34)24-15-16-25-21-41-22-26-19-23(17-18-27(26)33(25)20-24)28-9-6-14-36-37(28)32-8-2-4-13-35(32)39-36/h1-20H,21-22H2. The van der Waals surface area contributed by atoms with Crippen LogP contribution in [0.5, 0.6) is 0 Å². The summed E-state index contributed by atoms with van der Waals surface area (Å²) in [6, 6.07) is 43.4. The van der Waals surface area contributed by atoms with Crippen LogP contribution in [0.2, 0.25) is 0 Å². The highest BCUT2D eigenvalue weighted by Crippen LogP contribution is 2.43. The molecule has 8 aromatic rings. The summed E-state index contributed by atoms with van der Waals surface area (Å²) in [5.74, 6) is 1.98. The first-order chi connectivity index (χ1) is 20.3. The van der Waals surface area contributed by atoms with Crippen molar-refractivity contribution < 1.29 is 8.83 Å². The van der Waals surface area contributed by atoms with Gasteiger partial charge in [-0.05, 0) is 69.3 Å². The molecule has 0 fully saturated rings. The van der Waals surface area contributed by atoms with E-state index in [1.54, 1.807) is 0 Å². The van der Waals surface area contributed by atoms with Crippen molar-refractivity contribution >= 4 is 55.6 Å². The first kappa shape index (κ1) is 23.0. The lowest BCUT2D eigenvalue weighted by atomic mass is 9.90. The summed E-state index contributed by atoms with van der Waals surface area (Å²) in [6.07, 6.45) is 0. The van der Waals surface area contributed by atoms with E-state index in [9.17, 15) is 0 Å². The van der Waals surface area contributed by atoms with E-state index in [2.05, 4.69) is 97.1 Å². The molecule has 2 aromatic heterocycles. The second-order valence-corrected chi connectivity index (χ2v) is 11.8. The second kappa shape index (κ2) is 8.89. The monoisotopic (exact) mass is 544 g/mol. The molecule has 1 aliphatic rings. The molecule has 41 heavy (non-hydrogen) atoms. The van der Waals surface area contributed by atoms with Crippen LogP contribution in [0.4, 0.5) is 0 Å². The lowest BCUT2D eigenvalue weighted by Crippen LogP contribution is -1.91. The molecule has 0 amide bonds. The van der Waals surface area contributed by atoms with Gasteiger partial charge in [-0.25, -0.2) is 0 Å². The van der Waals surface area contributed by atoms with Gasteiger partial charge in [-0.3, -0.25) is 0 Å². The number of rotatable bonds is 2. The molecule has 0 N–H and O–H groups in total. The van der Waals surface area contributed by atoms with Gasteiger partial charge in [0.25, 0.3) is 0 Å². The van der Waals surface area contributed by atoms with Gasteiger partial charge in [-0.1, -0.05) is 91.0 Å². The van der Waals surface area contributed by atoms with Crippen molar-refractivity contribution in [1.82, 2.24) is 0 Å². The van der Waals surface area contributed by atoms with Crippen molar-refractivity contribution in [2.24, 2.45) is 0 Å². The number of hydrogen-bond acceptors (Lipinski definition) is 3. The summed E-state index contributed by atoms with van der Waals surface area (Å²) in [5, 5.41) is 4.67. The highest BCUT2D eigenvalue weighted by molar-refractivity contribution is 7.97. The molecule has 194 valence electrons. The van der Waals surface area contributed by atoms with Crippen LogP contribution in [-0.4, -0.2) is 0 Å². The molecule has 3 heterocycles. The predicted octanol–water partition coefficient (Wildman–Crippen LogP) is 11.2. The lowest BCUT2D eigenvalue weighted by Gasteiger charge is -2.14. The SMILES string of the molecule is c1ccc2c(c1)oc1c(-c3ccc4c(c3)-c3ccc(-c5cccc6oc7ccccc7c56)cc3CSC4)cccc12. The number of para-hydroxylation sites is 3. The molecule has 3 heteroatoms. The molecule has 2 nitrogen and oxygen atoms in total. The van der Waals surface area contributed by atoms with Crippen LogP contribution in [0.3, 0.4) is 0 Å². The van der Waals surface area contributed by atoms with E-state index < -0.39 is 0 Å². The Morgan fingerprint density at radius 3 is 2.05 bits per heavy atom. The van der Waals surface area contributed by atoms with Crippen molar-refractivity contribution in [2.75, 3.05) is 0 Å². The fourth-order valence-electron chi connectivity index (χ4n) is 6.52. The van der Waals surface area contributed by atoms with E-state index in [1.807, 2.05) is 36.0 Å². The molecule has 0 atom stereocenters. The maximum atomic E-state index is 6.39. The molecule has 0 saturated carbocycles. The van der Waals surface area contributed by atoms with Crippen LogP contribution < -0.4 is 0 Å². The first-order valence-corrected chi connectivity index (χ1v) is 15.1. The summed E-state index contributed by atoms with van der Waals surface area (Å²) < 4.78 is 12.6. The number of benzene rings is 6. The highest BCUT2D eigenvalue weighted by Gasteiger charge is 2.19. The van der Waals surface area contributed by atoms with Crippen LogP contribution in [0.25, 0.3) is 77.3 Å². The summed E-state index contributed by atoms with van der Waals surface area (Å²) in [4.78, 5) is 0. The Bertz CT molecular complexity index is 2300. The minimum Gasteiger partial charge on any atom is -0.456 e. The van der Waals surface area contributed by atoms with Gasteiger partial charge in [0, 0.05) is 38.6 Å². The third-order valence-electron chi connectivity index (χ3n) is 8.45. The zero-order valence-corrected chi connectivity index (χ0v) is 23.0. The number of furan rings is 2. The summed E-state index contributed by atoms with van der Waals surface area (Å²) in [6.45, 7) is 0. The van der Waals surface area contributed by atoms with Crippen molar-refractivity contribution in [2.45, 2.75) is 11.5 Å². The average molecular weight is 545 g/mol. The third-order valence-corrected chi connectivity index (χ3v) is 9.48. The Labute approximate surface area is 241 Å². The molecule has 9 rings (SSSR count). The van der Waals surface area contributed by atoms with Crippen molar-refractivity contribution in [3.8, 4) is 33.4 Å². The molecule has 0 bridgehead atoms. The van der Waals surface area contributed by atoms with E-state index in [4.69, 9.17) is 8.83 Å². The maximum Gasteiger partial charge on any atom is 0.143 e. The summed E-state index contributed by atoms with van der Waals surface area (Å²) in [5.41, 5.74) is 13.9. The fraction of sp³-hybridized carbons (Fsp3) is 0.0526. The Kier molecular flexibility index (Phi) is 4.99.